The standard InChI is InChI=1S/C23H22INO3/c1-15-4-10-21(12-16(15)2)28-14-18-13-17(5-11-22(18)27-3)23(26)25-20-8-6-19(24)7-9-20/h4-13H,14H2,1-3H3,(H,25,26). The number of anilines is 1. The van der Waals surface area contributed by atoms with Crippen molar-refractivity contribution >= 4 is 34.2 Å². The molecule has 4 nitrogen and oxygen atoms in total. The molecule has 0 saturated carbocycles. The summed E-state index contributed by atoms with van der Waals surface area (Å²) < 4.78 is 12.5. The number of benzene rings is 3. The van der Waals surface area contributed by atoms with Crippen LogP contribution in [0, 0.1) is 17.4 Å². The quantitative estimate of drug-likeness (QED) is 0.451. The van der Waals surface area contributed by atoms with E-state index in [0.717, 1.165) is 20.6 Å². The van der Waals surface area contributed by atoms with Crippen molar-refractivity contribution in [2.24, 2.45) is 0 Å². The van der Waals surface area contributed by atoms with Crippen molar-refractivity contribution in [3.05, 3.63) is 86.5 Å². The van der Waals surface area contributed by atoms with Crippen molar-refractivity contribution in [1.29, 1.82) is 0 Å². The zero-order valence-corrected chi connectivity index (χ0v) is 18.2. The van der Waals surface area contributed by atoms with E-state index in [0.29, 0.717) is 17.9 Å². The van der Waals surface area contributed by atoms with E-state index in [4.69, 9.17) is 9.47 Å². The SMILES string of the molecule is COc1ccc(C(=O)Nc2ccc(I)cc2)cc1COc1ccc(C)c(C)c1. The first-order valence-corrected chi connectivity index (χ1v) is 9.98. The van der Waals surface area contributed by atoms with Crippen LogP contribution in [-0.4, -0.2) is 13.0 Å². The first-order valence-electron chi connectivity index (χ1n) is 8.90. The van der Waals surface area contributed by atoms with Crippen LogP contribution in [0.1, 0.15) is 27.0 Å². The lowest BCUT2D eigenvalue weighted by atomic mass is 10.1. The van der Waals surface area contributed by atoms with Gasteiger partial charge in [0.2, 0.25) is 0 Å². The predicted octanol–water partition coefficient (Wildman–Crippen LogP) is 5.75. The Morgan fingerprint density at radius 1 is 0.964 bits per heavy atom. The highest BCUT2D eigenvalue weighted by Crippen LogP contribution is 2.24. The zero-order valence-electron chi connectivity index (χ0n) is 16.1. The van der Waals surface area contributed by atoms with Crippen molar-refractivity contribution in [3.8, 4) is 11.5 Å². The second-order valence-corrected chi connectivity index (χ2v) is 7.77. The van der Waals surface area contributed by atoms with Crippen molar-refractivity contribution in [3.63, 3.8) is 0 Å². The van der Waals surface area contributed by atoms with Gasteiger partial charge in [-0.2, -0.15) is 0 Å². The normalized spacial score (nSPS) is 10.4. The van der Waals surface area contributed by atoms with Gasteiger partial charge in [-0.05, 0) is 102 Å². The Bertz CT molecular complexity index is 984. The molecule has 0 heterocycles. The maximum absolute atomic E-state index is 12.6. The minimum Gasteiger partial charge on any atom is -0.496 e. The predicted molar refractivity (Wildman–Crippen MR) is 120 cm³/mol. The number of carbonyl (C=O) groups is 1. The Morgan fingerprint density at radius 2 is 1.71 bits per heavy atom. The first kappa shape index (κ1) is 20.2. The van der Waals surface area contributed by atoms with Gasteiger partial charge >= 0.3 is 0 Å². The molecule has 0 radical (unpaired) electrons. The van der Waals surface area contributed by atoms with Gasteiger partial charge in [0, 0.05) is 20.4 Å². The third-order valence-electron chi connectivity index (χ3n) is 4.52. The van der Waals surface area contributed by atoms with Crippen LogP contribution in [0.25, 0.3) is 0 Å². The molecule has 144 valence electrons. The van der Waals surface area contributed by atoms with E-state index < -0.39 is 0 Å². The monoisotopic (exact) mass is 487 g/mol. The van der Waals surface area contributed by atoms with Crippen LogP contribution in [0.2, 0.25) is 0 Å². The van der Waals surface area contributed by atoms with Gasteiger partial charge in [-0.25, -0.2) is 0 Å². The molecule has 0 aromatic heterocycles. The highest BCUT2D eigenvalue weighted by molar-refractivity contribution is 14.1. The largest absolute Gasteiger partial charge is 0.496 e. The minimum atomic E-state index is -0.170. The van der Waals surface area contributed by atoms with Crippen molar-refractivity contribution in [2.75, 3.05) is 12.4 Å². The molecule has 0 aliphatic rings. The van der Waals surface area contributed by atoms with Crippen LogP contribution in [0.15, 0.2) is 60.7 Å². The molecule has 1 N–H and O–H groups in total. The molecule has 0 spiro atoms. The van der Waals surface area contributed by atoms with E-state index >= 15 is 0 Å². The molecule has 5 heteroatoms. The van der Waals surface area contributed by atoms with Gasteiger partial charge in [-0.3, -0.25) is 4.79 Å². The molecule has 1 amide bonds. The highest BCUT2D eigenvalue weighted by atomic mass is 127. The summed E-state index contributed by atoms with van der Waals surface area (Å²) in [7, 11) is 1.61. The lowest BCUT2D eigenvalue weighted by Crippen LogP contribution is -2.12. The molecule has 0 bridgehead atoms. The van der Waals surface area contributed by atoms with E-state index in [1.165, 1.54) is 11.1 Å². The van der Waals surface area contributed by atoms with E-state index in [1.807, 2.05) is 48.5 Å². The molecule has 0 aliphatic heterocycles. The van der Waals surface area contributed by atoms with Gasteiger partial charge < -0.3 is 14.8 Å². The molecule has 0 unspecified atom stereocenters. The van der Waals surface area contributed by atoms with E-state index in [1.54, 1.807) is 19.2 Å². The van der Waals surface area contributed by atoms with E-state index in [2.05, 4.69) is 41.8 Å². The lowest BCUT2D eigenvalue weighted by Gasteiger charge is -2.13. The minimum absolute atomic E-state index is 0.170. The topological polar surface area (TPSA) is 47.6 Å². The number of rotatable bonds is 6. The Hall–Kier alpha value is -2.54. The fourth-order valence-corrected chi connectivity index (χ4v) is 3.09. The molecule has 3 rings (SSSR count). The smallest absolute Gasteiger partial charge is 0.255 e. The Labute approximate surface area is 179 Å². The van der Waals surface area contributed by atoms with E-state index in [9.17, 15) is 4.79 Å². The molecule has 3 aromatic carbocycles. The zero-order chi connectivity index (χ0) is 20.1. The number of hydrogen-bond donors (Lipinski definition) is 1. The van der Waals surface area contributed by atoms with Crippen molar-refractivity contribution in [1.82, 2.24) is 0 Å². The average molecular weight is 487 g/mol. The molecular weight excluding hydrogens is 465 g/mol. The number of methoxy groups -OCH3 is 1. The molecule has 0 saturated heterocycles. The van der Waals surface area contributed by atoms with E-state index in [-0.39, 0.29) is 5.91 Å². The fourth-order valence-electron chi connectivity index (χ4n) is 2.73. The van der Waals surface area contributed by atoms with Crippen LogP contribution in [0.3, 0.4) is 0 Å². The number of amides is 1. The summed E-state index contributed by atoms with van der Waals surface area (Å²) in [6.45, 7) is 4.44. The maximum Gasteiger partial charge on any atom is 0.255 e. The summed E-state index contributed by atoms with van der Waals surface area (Å²) in [5.41, 5.74) is 4.53. The molecule has 0 aliphatic carbocycles. The van der Waals surface area contributed by atoms with Gasteiger partial charge in [0.15, 0.2) is 0 Å². The Balaban J connectivity index is 1.76. The van der Waals surface area contributed by atoms with Gasteiger partial charge in [0.25, 0.3) is 5.91 Å². The van der Waals surface area contributed by atoms with Crippen LogP contribution in [0.4, 0.5) is 5.69 Å². The first-order chi connectivity index (χ1) is 13.5. The Morgan fingerprint density at radius 3 is 2.39 bits per heavy atom. The highest BCUT2D eigenvalue weighted by Gasteiger charge is 2.12. The molecule has 3 aromatic rings. The second kappa shape index (κ2) is 9.10. The fraction of sp³-hybridized carbons (Fsp3) is 0.174. The van der Waals surface area contributed by atoms with Gasteiger partial charge in [0.05, 0.1) is 7.11 Å². The number of carbonyl (C=O) groups excluding carboxylic acids is 1. The van der Waals surface area contributed by atoms with Gasteiger partial charge in [0.1, 0.15) is 18.1 Å². The number of ether oxygens (including phenoxy) is 2. The summed E-state index contributed by atoms with van der Waals surface area (Å²) >= 11 is 2.23. The van der Waals surface area contributed by atoms with Crippen LogP contribution >= 0.6 is 22.6 Å². The summed E-state index contributed by atoms with van der Waals surface area (Å²) in [5, 5.41) is 2.91. The summed E-state index contributed by atoms with van der Waals surface area (Å²) in [4.78, 5) is 12.6. The van der Waals surface area contributed by atoms with Crippen LogP contribution in [0.5, 0.6) is 11.5 Å². The van der Waals surface area contributed by atoms with Crippen molar-refractivity contribution in [2.45, 2.75) is 20.5 Å². The summed E-state index contributed by atoms with van der Waals surface area (Å²) in [6.07, 6.45) is 0. The number of halogens is 1. The molecule has 28 heavy (non-hydrogen) atoms. The molecule has 0 fully saturated rings. The van der Waals surface area contributed by atoms with Crippen LogP contribution < -0.4 is 14.8 Å². The summed E-state index contributed by atoms with van der Waals surface area (Å²) in [5.74, 6) is 1.31. The maximum atomic E-state index is 12.6. The molecular formula is C23H22INO3. The van der Waals surface area contributed by atoms with Crippen LogP contribution in [-0.2, 0) is 6.61 Å². The third-order valence-corrected chi connectivity index (χ3v) is 5.24. The Kier molecular flexibility index (Phi) is 6.57. The third kappa shape index (κ3) is 5.04. The second-order valence-electron chi connectivity index (χ2n) is 6.52. The number of aryl methyl sites for hydroxylation is 2. The number of hydrogen-bond acceptors (Lipinski definition) is 3. The lowest BCUT2D eigenvalue weighted by molar-refractivity contribution is 0.102. The van der Waals surface area contributed by atoms with Gasteiger partial charge in [-0.15, -0.1) is 0 Å². The summed E-state index contributed by atoms with van der Waals surface area (Å²) in [6, 6.07) is 19.0. The number of nitrogens with one attached hydrogen (secondary N) is 1. The molecule has 0 atom stereocenters. The van der Waals surface area contributed by atoms with Crippen molar-refractivity contribution < 1.29 is 14.3 Å². The van der Waals surface area contributed by atoms with Gasteiger partial charge in [-0.1, -0.05) is 6.07 Å². The average Bonchev–Trinajstić information content (AvgIpc) is 2.70.